The Morgan fingerprint density at radius 1 is 1.62 bits per heavy atom. The second kappa shape index (κ2) is 6.81. The fourth-order valence-corrected chi connectivity index (χ4v) is 2.78. The summed E-state index contributed by atoms with van der Waals surface area (Å²) in [7, 11) is -0.358. The Bertz CT molecular complexity index is 476. The molecule has 0 bridgehead atoms. The van der Waals surface area contributed by atoms with Crippen LogP contribution in [0.1, 0.15) is 33.6 Å². The Hall–Kier alpha value is -0.375. The standard InChI is InChI=1S/C14H21BINO4/c1-9(18)14(2,3)13(19)17-8-12-10-6-4-5-7-11(10)15(20-12)21-16/h6-7,9,12,18H,4-5,8H2,1-3H3,(H,17,19). The molecule has 7 heteroatoms. The molecule has 2 N–H and O–H groups in total. The Morgan fingerprint density at radius 2 is 2.29 bits per heavy atom. The fraction of sp³-hybridized carbons (Fsp3) is 0.643. The van der Waals surface area contributed by atoms with Gasteiger partial charge >= 0.3 is 7.12 Å². The van der Waals surface area contributed by atoms with Crippen molar-refractivity contribution in [3.8, 4) is 0 Å². The average molecular weight is 405 g/mol. The molecule has 2 rings (SSSR count). The van der Waals surface area contributed by atoms with Gasteiger partial charge in [-0.25, -0.2) is 0 Å². The van der Waals surface area contributed by atoms with Crippen molar-refractivity contribution < 1.29 is 17.5 Å². The second-order valence-electron chi connectivity index (χ2n) is 6.05. The van der Waals surface area contributed by atoms with E-state index in [1.807, 2.05) is 23.0 Å². The smallest absolute Gasteiger partial charge is 0.398 e. The fourth-order valence-electron chi connectivity index (χ4n) is 2.39. The molecule has 2 unspecified atom stereocenters. The normalized spacial score (nSPS) is 23.3. The van der Waals surface area contributed by atoms with Crippen molar-refractivity contribution in [2.75, 3.05) is 6.54 Å². The van der Waals surface area contributed by atoms with Crippen LogP contribution in [0, 0.1) is 5.41 Å². The number of carbonyl (C=O) groups excluding carboxylic acids is 1. The molecule has 1 saturated heterocycles. The summed E-state index contributed by atoms with van der Waals surface area (Å²) in [6, 6.07) is 0. The maximum absolute atomic E-state index is 12.2. The SMILES string of the molecule is CC(O)C(C)(C)C(=O)NCC1OB(OI)C2=CCCC=C21. The Labute approximate surface area is 140 Å². The highest BCUT2D eigenvalue weighted by atomic mass is 127. The van der Waals surface area contributed by atoms with Gasteiger partial charge in [0.1, 0.15) is 0 Å². The number of hydrogen-bond donors (Lipinski definition) is 2. The first-order valence-corrected chi connectivity index (χ1v) is 8.05. The zero-order valence-electron chi connectivity index (χ0n) is 12.6. The first kappa shape index (κ1) is 17.0. The van der Waals surface area contributed by atoms with E-state index in [0.29, 0.717) is 6.54 Å². The summed E-state index contributed by atoms with van der Waals surface area (Å²) >= 11 is 1.84. The lowest BCUT2D eigenvalue weighted by molar-refractivity contribution is -0.134. The molecule has 0 saturated carbocycles. The third kappa shape index (κ3) is 3.52. The molecule has 1 amide bonds. The summed E-state index contributed by atoms with van der Waals surface area (Å²) in [5.74, 6) is -0.179. The lowest BCUT2D eigenvalue weighted by Gasteiger charge is -2.27. The molecular formula is C14H21BINO4. The van der Waals surface area contributed by atoms with Crippen LogP contribution in [0.25, 0.3) is 0 Å². The monoisotopic (exact) mass is 405 g/mol. The molecule has 0 aromatic heterocycles. The number of aliphatic hydroxyl groups excluding tert-OH is 1. The van der Waals surface area contributed by atoms with E-state index in [-0.39, 0.29) is 19.1 Å². The molecule has 5 nitrogen and oxygen atoms in total. The number of nitrogens with one attached hydrogen (secondary N) is 1. The van der Waals surface area contributed by atoms with Crippen LogP contribution in [-0.4, -0.2) is 36.9 Å². The highest BCUT2D eigenvalue weighted by Crippen LogP contribution is 2.34. The van der Waals surface area contributed by atoms with Crippen LogP contribution in [0.15, 0.2) is 23.2 Å². The summed E-state index contributed by atoms with van der Waals surface area (Å²) in [6.45, 7) is 5.46. The van der Waals surface area contributed by atoms with Crippen LogP contribution in [0.3, 0.4) is 0 Å². The Balaban J connectivity index is 2.00. The molecule has 1 fully saturated rings. The maximum Gasteiger partial charge on any atom is 0.503 e. The van der Waals surface area contributed by atoms with Crippen LogP contribution in [0.5, 0.6) is 0 Å². The maximum atomic E-state index is 12.2. The van der Waals surface area contributed by atoms with E-state index >= 15 is 0 Å². The number of halogens is 1. The molecule has 2 aliphatic rings. The van der Waals surface area contributed by atoms with E-state index in [9.17, 15) is 9.90 Å². The molecule has 0 aromatic carbocycles. The van der Waals surface area contributed by atoms with Crippen molar-refractivity contribution in [3.05, 3.63) is 23.2 Å². The number of hydrogen-bond acceptors (Lipinski definition) is 4. The molecule has 0 spiro atoms. The molecule has 1 heterocycles. The second-order valence-corrected chi connectivity index (χ2v) is 6.56. The summed E-state index contributed by atoms with van der Waals surface area (Å²) in [6.07, 6.45) is 5.37. The number of allylic oxidation sites excluding steroid dienone is 2. The largest absolute Gasteiger partial charge is 0.503 e. The van der Waals surface area contributed by atoms with Gasteiger partial charge in [0.15, 0.2) is 0 Å². The highest BCUT2D eigenvalue weighted by molar-refractivity contribution is 14.1. The first-order chi connectivity index (χ1) is 9.87. The molecule has 0 radical (unpaired) electrons. The number of fused-ring (bicyclic) bond motifs is 1. The van der Waals surface area contributed by atoms with Gasteiger partial charge in [-0.3, -0.25) is 4.79 Å². The minimum Gasteiger partial charge on any atom is -0.398 e. The molecule has 0 aromatic rings. The van der Waals surface area contributed by atoms with Gasteiger partial charge in [0, 0.05) is 6.54 Å². The van der Waals surface area contributed by atoms with E-state index in [1.54, 1.807) is 20.8 Å². The number of aliphatic hydroxyl groups is 1. The topological polar surface area (TPSA) is 67.8 Å². The van der Waals surface area contributed by atoms with Crippen molar-refractivity contribution >= 4 is 36.0 Å². The van der Waals surface area contributed by atoms with Gasteiger partial charge in [-0.2, -0.15) is 0 Å². The summed E-state index contributed by atoms with van der Waals surface area (Å²) in [5, 5.41) is 12.6. The van der Waals surface area contributed by atoms with E-state index in [0.717, 1.165) is 23.9 Å². The van der Waals surface area contributed by atoms with Gasteiger partial charge in [-0.15, -0.1) is 0 Å². The van der Waals surface area contributed by atoms with Gasteiger partial charge in [0.25, 0.3) is 0 Å². The lowest BCUT2D eigenvalue weighted by Crippen LogP contribution is -2.46. The summed E-state index contributed by atoms with van der Waals surface area (Å²) in [5.41, 5.74) is 1.36. The molecule has 1 aliphatic heterocycles. The summed E-state index contributed by atoms with van der Waals surface area (Å²) in [4.78, 5) is 12.2. The van der Waals surface area contributed by atoms with Crippen LogP contribution in [0.4, 0.5) is 0 Å². The van der Waals surface area contributed by atoms with Crippen molar-refractivity contribution in [2.24, 2.45) is 5.41 Å². The van der Waals surface area contributed by atoms with E-state index in [2.05, 4.69) is 17.5 Å². The van der Waals surface area contributed by atoms with Crippen molar-refractivity contribution in [2.45, 2.75) is 45.8 Å². The van der Waals surface area contributed by atoms with Gasteiger partial charge in [0.05, 0.1) is 40.6 Å². The molecule has 21 heavy (non-hydrogen) atoms. The molecule has 116 valence electrons. The molecule has 2 atom stereocenters. The van der Waals surface area contributed by atoms with Gasteiger partial charge in [0.2, 0.25) is 5.91 Å². The van der Waals surface area contributed by atoms with E-state index < -0.39 is 11.5 Å². The molecular weight excluding hydrogens is 384 g/mol. The number of amides is 1. The van der Waals surface area contributed by atoms with Crippen LogP contribution >= 0.6 is 23.0 Å². The minimum absolute atomic E-state index is 0.179. The van der Waals surface area contributed by atoms with Crippen LogP contribution in [-0.2, 0) is 12.4 Å². The highest BCUT2D eigenvalue weighted by Gasteiger charge is 2.41. The number of carbonyl (C=O) groups is 1. The minimum atomic E-state index is -0.822. The Kier molecular flexibility index (Phi) is 5.51. The molecule has 1 aliphatic carbocycles. The van der Waals surface area contributed by atoms with E-state index in [1.165, 1.54) is 0 Å². The van der Waals surface area contributed by atoms with Gasteiger partial charge < -0.3 is 18.1 Å². The predicted molar refractivity (Wildman–Crippen MR) is 89.6 cm³/mol. The third-order valence-electron chi connectivity index (χ3n) is 4.28. The zero-order valence-corrected chi connectivity index (χ0v) is 14.7. The van der Waals surface area contributed by atoms with E-state index in [4.69, 9.17) is 7.64 Å². The van der Waals surface area contributed by atoms with Crippen LogP contribution < -0.4 is 5.32 Å². The average Bonchev–Trinajstić information content (AvgIpc) is 2.82. The van der Waals surface area contributed by atoms with Gasteiger partial charge in [-0.05, 0) is 44.7 Å². The zero-order chi connectivity index (χ0) is 15.6. The van der Waals surface area contributed by atoms with Gasteiger partial charge in [-0.1, -0.05) is 12.2 Å². The van der Waals surface area contributed by atoms with Crippen molar-refractivity contribution in [1.29, 1.82) is 0 Å². The summed E-state index contributed by atoms with van der Waals surface area (Å²) < 4.78 is 11.1. The predicted octanol–water partition coefficient (Wildman–Crippen LogP) is 1.95. The first-order valence-electron chi connectivity index (χ1n) is 7.17. The quantitative estimate of drug-likeness (QED) is 0.542. The Morgan fingerprint density at radius 3 is 2.90 bits per heavy atom. The lowest BCUT2D eigenvalue weighted by atomic mass is 9.74. The third-order valence-corrected chi connectivity index (χ3v) is 4.74. The van der Waals surface area contributed by atoms with Crippen LogP contribution in [0.2, 0.25) is 0 Å². The van der Waals surface area contributed by atoms with Crippen molar-refractivity contribution in [3.63, 3.8) is 0 Å². The van der Waals surface area contributed by atoms with Crippen molar-refractivity contribution in [1.82, 2.24) is 5.32 Å². The number of rotatable bonds is 5.